The smallest absolute Gasteiger partial charge is 0.243 e. The zero-order valence-corrected chi connectivity index (χ0v) is 10.7. The Morgan fingerprint density at radius 3 is 2.82 bits per heavy atom. The Kier molecular flexibility index (Phi) is 3.73. The minimum absolute atomic E-state index is 0.224. The molecular weight excluding hydrogens is 212 g/mol. The SMILES string of the molecule is C#CCN(CC1CC1)C(=O)C1(CC)CCCN1. The van der Waals surface area contributed by atoms with Crippen molar-refractivity contribution in [1.29, 1.82) is 0 Å². The number of hydrogen-bond donors (Lipinski definition) is 1. The fourth-order valence-corrected chi connectivity index (χ4v) is 2.69. The van der Waals surface area contributed by atoms with E-state index < -0.39 is 0 Å². The second-order valence-electron chi connectivity index (χ2n) is 5.30. The molecule has 17 heavy (non-hydrogen) atoms. The lowest BCUT2D eigenvalue weighted by Crippen LogP contribution is -2.55. The number of nitrogens with one attached hydrogen (secondary N) is 1. The normalized spacial score (nSPS) is 27.8. The Hall–Kier alpha value is -1.01. The highest BCUT2D eigenvalue weighted by molar-refractivity contribution is 5.87. The van der Waals surface area contributed by atoms with Crippen molar-refractivity contribution in [2.24, 2.45) is 5.92 Å². The van der Waals surface area contributed by atoms with Gasteiger partial charge >= 0.3 is 0 Å². The van der Waals surface area contributed by atoms with E-state index in [1.165, 1.54) is 12.8 Å². The minimum Gasteiger partial charge on any atom is -0.330 e. The number of amides is 1. The second-order valence-corrected chi connectivity index (χ2v) is 5.30. The summed E-state index contributed by atoms with van der Waals surface area (Å²) in [4.78, 5) is 14.5. The van der Waals surface area contributed by atoms with E-state index in [0.29, 0.717) is 12.5 Å². The second kappa shape index (κ2) is 5.10. The highest BCUT2D eigenvalue weighted by atomic mass is 16.2. The number of carbonyl (C=O) groups is 1. The van der Waals surface area contributed by atoms with Gasteiger partial charge in [-0.1, -0.05) is 12.8 Å². The van der Waals surface area contributed by atoms with Crippen molar-refractivity contribution < 1.29 is 4.79 Å². The highest BCUT2D eigenvalue weighted by Gasteiger charge is 2.42. The summed E-state index contributed by atoms with van der Waals surface area (Å²) in [5.41, 5.74) is -0.328. The fourth-order valence-electron chi connectivity index (χ4n) is 2.69. The van der Waals surface area contributed by atoms with Gasteiger partial charge in [-0.2, -0.15) is 0 Å². The Morgan fingerprint density at radius 1 is 1.59 bits per heavy atom. The number of rotatable bonds is 5. The van der Waals surface area contributed by atoms with E-state index in [0.717, 1.165) is 32.4 Å². The predicted molar refractivity (Wildman–Crippen MR) is 68.4 cm³/mol. The van der Waals surface area contributed by atoms with Crippen LogP contribution in [0.1, 0.15) is 39.0 Å². The Balaban J connectivity index is 2.05. The summed E-state index contributed by atoms with van der Waals surface area (Å²) in [5, 5.41) is 3.39. The van der Waals surface area contributed by atoms with Crippen molar-refractivity contribution >= 4 is 5.91 Å². The third-order valence-corrected chi connectivity index (χ3v) is 4.00. The van der Waals surface area contributed by atoms with Crippen LogP contribution in [0.5, 0.6) is 0 Å². The van der Waals surface area contributed by atoms with Crippen LogP contribution >= 0.6 is 0 Å². The van der Waals surface area contributed by atoms with E-state index in [1.54, 1.807) is 0 Å². The number of terminal acetylenes is 1. The van der Waals surface area contributed by atoms with Gasteiger partial charge in [-0.3, -0.25) is 4.79 Å². The first-order valence-electron chi connectivity index (χ1n) is 6.69. The lowest BCUT2D eigenvalue weighted by atomic mass is 9.92. The summed E-state index contributed by atoms with van der Waals surface area (Å²) in [7, 11) is 0. The van der Waals surface area contributed by atoms with Crippen LogP contribution in [0.25, 0.3) is 0 Å². The molecule has 1 saturated carbocycles. The maximum atomic E-state index is 12.6. The summed E-state index contributed by atoms with van der Waals surface area (Å²) in [5.74, 6) is 3.55. The summed E-state index contributed by atoms with van der Waals surface area (Å²) in [6.45, 7) is 4.35. The number of nitrogens with zero attached hydrogens (tertiary/aromatic N) is 1. The monoisotopic (exact) mass is 234 g/mol. The van der Waals surface area contributed by atoms with Crippen LogP contribution in [0.4, 0.5) is 0 Å². The molecule has 0 aromatic rings. The molecule has 1 aliphatic heterocycles. The molecule has 1 heterocycles. The first-order valence-corrected chi connectivity index (χ1v) is 6.69. The Bertz CT molecular complexity index is 322. The highest BCUT2D eigenvalue weighted by Crippen LogP contribution is 2.32. The molecule has 0 aromatic heterocycles. The van der Waals surface area contributed by atoms with Crippen molar-refractivity contribution in [2.45, 2.75) is 44.6 Å². The zero-order valence-electron chi connectivity index (χ0n) is 10.7. The molecule has 2 rings (SSSR count). The van der Waals surface area contributed by atoms with Crippen LogP contribution < -0.4 is 5.32 Å². The van der Waals surface area contributed by atoms with Gasteiger partial charge in [0, 0.05) is 6.54 Å². The van der Waals surface area contributed by atoms with E-state index in [4.69, 9.17) is 6.42 Å². The zero-order chi connectivity index (χ0) is 12.3. The summed E-state index contributed by atoms with van der Waals surface area (Å²) >= 11 is 0. The van der Waals surface area contributed by atoms with Gasteiger partial charge in [0.15, 0.2) is 0 Å². The van der Waals surface area contributed by atoms with Gasteiger partial charge in [-0.05, 0) is 44.6 Å². The molecule has 1 amide bonds. The lowest BCUT2D eigenvalue weighted by Gasteiger charge is -2.33. The standard InChI is InChI=1S/C14H22N2O/c1-3-10-16(11-12-6-7-12)13(17)14(4-2)8-5-9-15-14/h1,12,15H,4-11H2,2H3. The molecule has 2 aliphatic rings. The molecule has 94 valence electrons. The molecule has 1 atom stereocenters. The number of hydrogen-bond acceptors (Lipinski definition) is 2. The third kappa shape index (κ3) is 2.63. The number of carbonyl (C=O) groups excluding carboxylic acids is 1. The average molecular weight is 234 g/mol. The summed E-state index contributed by atoms with van der Waals surface area (Å²) in [6, 6.07) is 0. The van der Waals surface area contributed by atoms with Crippen LogP contribution in [0.15, 0.2) is 0 Å². The van der Waals surface area contributed by atoms with Crippen LogP contribution in [-0.2, 0) is 4.79 Å². The lowest BCUT2D eigenvalue weighted by molar-refractivity contribution is -0.137. The summed E-state index contributed by atoms with van der Waals surface area (Å²) < 4.78 is 0. The molecule has 0 aromatic carbocycles. The molecule has 1 unspecified atom stereocenters. The van der Waals surface area contributed by atoms with Crippen LogP contribution in [-0.4, -0.2) is 36.0 Å². The average Bonchev–Trinajstić information content (AvgIpc) is 3.02. The Labute approximate surface area is 104 Å². The molecule has 1 aliphatic carbocycles. The first kappa shape index (κ1) is 12.4. The van der Waals surface area contributed by atoms with E-state index in [-0.39, 0.29) is 11.4 Å². The van der Waals surface area contributed by atoms with Crippen molar-refractivity contribution in [1.82, 2.24) is 10.2 Å². The van der Waals surface area contributed by atoms with Crippen molar-refractivity contribution in [3.8, 4) is 12.3 Å². The third-order valence-electron chi connectivity index (χ3n) is 4.00. The maximum absolute atomic E-state index is 12.6. The quantitative estimate of drug-likeness (QED) is 0.729. The van der Waals surface area contributed by atoms with Gasteiger partial charge in [0.25, 0.3) is 0 Å². The predicted octanol–water partition coefficient (Wildman–Crippen LogP) is 1.39. The van der Waals surface area contributed by atoms with Crippen LogP contribution in [0.3, 0.4) is 0 Å². The van der Waals surface area contributed by atoms with Gasteiger partial charge in [0.1, 0.15) is 0 Å². The molecule has 3 heteroatoms. The van der Waals surface area contributed by atoms with E-state index >= 15 is 0 Å². The van der Waals surface area contributed by atoms with E-state index in [2.05, 4.69) is 18.2 Å². The molecule has 0 radical (unpaired) electrons. The van der Waals surface area contributed by atoms with Gasteiger partial charge < -0.3 is 10.2 Å². The maximum Gasteiger partial charge on any atom is 0.243 e. The van der Waals surface area contributed by atoms with Crippen molar-refractivity contribution in [3.05, 3.63) is 0 Å². The molecule has 1 saturated heterocycles. The van der Waals surface area contributed by atoms with Crippen LogP contribution in [0.2, 0.25) is 0 Å². The molecule has 1 N–H and O–H groups in total. The topological polar surface area (TPSA) is 32.3 Å². The van der Waals surface area contributed by atoms with Gasteiger partial charge in [0.05, 0.1) is 12.1 Å². The molecular formula is C14H22N2O. The Morgan fingerprint density at radius 2 is 2.35 bits per heavy atom. The van der Waals surface area contributed by atoms with Crippen molar-refractivity contribution in [2.75, 3.05) is 19.6 Å². The molecule has 3 nitrogen and oxygen atoms in total. The first-order chi connectivity index (χ1) is 8.22. The minimum atomic E-state index is -0.328. The fraction of sp³-hybridized carbons (Fsp3) is 0.786. The van der Waals surface area contributed by atoms with Crippen molar-refractivity contribution in [3.63, 3.8) is 0 Å². The van der Waals surface area contributed by atoms with E-state index in [1.807, 2.05) is 4.90 Å². The van der Waals surface area contributed by atoms with E-state index in [9.17, 15) is 4.79 Å². The largest absolute Gasteiger partial charge is 0.330 e. The molecule has 0 bridgehead atoms. The van der Waals surface area contributed by atoms with Crippen LogP contribution in [0, 0.1) is 18.3 Å². The molecule has 2 fully saturated rings. The van der Waals surface area contributed by atoms with Gasteiger partial charge in [-0.15, -0.1) is 6.42 Å². The molecule has 0 spiro atoms. The van der Waals surface area contributed by atoms with Gasteiger partial charge in [0.2, 0.25) is 5.91 Å². The summed E-state index contributed by atoms with van der Waals surface area (Å²) in [6.07, 6.45) is 10.8. The van der Waals surface area contributed by atoms with Gasteiger partial charge in [-0.25, -0.2) is 0 Å².